The third-order valence-electron chi connectivity index (χ3n) is 2.88. The first-order chi connectivity index (χ1) is 9.95. The summed E-state index contributed by atoms with van der Waals surface area (Å²) in [6.45, 7) is 2.34. The molecule has 2 aromatic rings. The zero-order valence-electron chi connectivity index (χ0n) is 11.6. The molecule has 0 amide bonds. The van der Waals surface area contributed by atoms with Crippen LogP contribution in [0.15, 0.2) is 36.4 Å². The summed E-state index contributed by atoms with van der Waals surface area (Å²) in [5.74, 6) is -0.823. The van der Waals surface area contributed by atoms with Crippen LogP contribution < -0.4 is 10.2 Å². The molecule has 7 heteroatoms. The first kappa shape index (κ1) is 15.1. The molecule has 0 unspecified atom stereocenters. The minimum absolute atomic E-state index is 0.127. The van der Waals surface area contributed by atoms with Crippen molar-refractivity contribution in [1.82, 2.24) is 9.97 Å². The highest BCUT2D eigenvalue weighted by molar-refractivity contribution is 5.62. The first-order valence-corrected chi connectivity index (χ1v) is 6.42. The summed E-state index contributed by atoms with van der Waals surface area (Å²) in [7, 11) is 1.52. The van der Waals surface area contributed by atoms with Crippen molar-refractivity contribution in [3.05, 3.63) is 42.2 Å². The monoisotopic (exact) mass is 296 g/mol. The molecule has 1 aromatic heterocycles. The van der Waals surface area contributed by atoms with E-state index in [1.165, 1.54) is 13.1 Å². The molecule has 0 bridgehead atoms. The SMILES string of the molecule is CCN(c1ccccc1)c1cc(NC)nc(C(F)(F)F)n1. The van der Waals surface area contributed by atoms with E-state index in [4.69, 9.17) is 0 Å². The lowest BCUT2D eigenvalue weighted by atomic mass is 10.3. The van der Waals surface area contributed by atoms with Gasteiger partial charge in [-0.05, 0) is 19.1 Å². The Hall–Kier alpha value is -2.31. The van der Waals surface area contributed by atoms with Crippen molar-refractivity contribution in [2.75, 3.05) is 23.8 Å². The minimum atomic E-state index is -4.59. The number of alkyl halides is 3. The van der Waals surface area contributed by atoms with E-state index < -0.39 is 12.0 Å². The van der Waals surface area contributed by atoms with Crippen LogP contribution in [0.4, 0.5) is 30.5 Å². The van der Waals surface area contributed by atoms with Crippen LogP contribution >= 0.6 is 0 Å². The maximum atomic E-state index is 12.9. The molecule has 0 atom stereocenters. The highest BCUT2D eigenvalue weighted by atomic mass is 19.4. The molecule has 1 N–H and O–H groups in total. The number of halogens is 3. The summed E-state index contributed by atoms with van der Waals surface area (Å²) in [6.07, 6.45) is -4.59. The molecule has 21 heavy (non-hydrogen) atoms. The molecule has 1 heterocycles. The van der Waals surface area contributed by atoms with E-state index in [0.29, 0.717) is 6.54 Å². The van der Waals surface area contributed by atoms with Gasteiger partial charge in [-0.15, -0.1) is 0 Å². The molecular formula is C14H15F3N4. The normalized spacial score (nSPS) is 11.3. The Labute approximate surface area is 120 Å². The van der Waals surface area contributed by atoms with Gasteiger partial charge in [0.1, 0.15) is 11.6 Å². The second-order valence-electron chi connectivity index (χ2n) is 4.26. The Morgan fingerprint density at radius 1 is 1.14 bits per heavy atom. The number of benzene rings is 1. The van der Waals surface area contributed by atoms with Crippen molar-refractivity contribution in [3.8, 4) is 0 Å². The van der Waals surface area contributed by atoms with Gasteiger partial charge >= 0.3 is 6.18 Å². The maximum Gasteiger partial charge on any atom is 0.451 e. The molecule has 112 valence electrons. The van der Waals surface area contributed by atoms with Crippen LogP contribution in [0.2, 0.25) is 0 Å². The fourth-order valence-corrected chi connectivity index (χ4v) is 1.91. The van der Waals surface area contributed by atoms with E-state index >= 15 is 0 Å². The van der Waals surface area contributed by atoms with Gasteiger partial charge in [0.2, 0.25) is 5.82 Å². The third kappa shape index (κ3) is 3.42. The highest BCUT2D eigenvalue weighted by Crippen LogP contribution is 2.31. The van der Waals surface area contributed by atoms with Gasteiger partial charge in [-0.1, -0.05) is 18.2 Å². The van der Waals surface area contributed by atoms with Gasteiger partial charge in [0.15, 0.2) is 0 Å². The fourth-order valence-electron chi connectivity index (χ4n) is 1.91. The molecule has 4 nitrogen and oxygen atoms in total. The molecule has 0 radical (unpaired) electrons. The Morgan fingerprint density at radius 3 is 2.33 bits per heavy atom. The summed E-state index contributed by atoms with van der Waals surface area (Å²) in [5.41, 5.74) is 0.772. The van der Waals surface area contributed by atoms with Crippen LogP contribution in [0, 0.1) is 0 Å². The molecule has 0 saturated heterocycles. The van der Waals surface area contributed by atoms with E-state index in [-0.39, 0.29) is 11.6 Å². The highest BCUT2D eigenvalue weighted by Gasteiger charge is 2.35. The fraction of sp³-hybridized carbons (Fsp3) is 0.286. The van der Waals surface area contributed by atoms with Crippen molar-refractivity contribution >= 4 is 17.3 Å². The number of hydrogen-bond acceptors (Lipinski definition) is 4. The summed E-state index contributed by atoms with van der Waals surface area (Å²) in [4.78, 5) is 8.80. The molecule has 0 spiro atoms. The lowest BCUT2D eigenvalue weighted by Gasteiger charge is -2.23. The average molecular weight is 296 g/mol. The quantitative estimate of drug-likeness (QED) is 0.934. The molecule has 0 fully saturated rings. The summed E-state index contributed by atoms with van der Waals surface area (Å²) >= 11 is 0. The molecular weight excluding hydrogens is 281 g/mol. The minimum Gasteiger partial charge on any atom is -0.373 e. The van der Waals surface area contributed by atoms with E-state index in [9.17, 15) is 13.2 Å². The smallest absolute Gasteiger partial charge is 0.373 e. The molecule has 0 aliphatic heterocycles. The number of aromatic nitrogens is 2. The van der Waals surface area contributed by atoms with Crippen molar-refractivity contribution < 1.29 is 13.2 Å². The average Bonchev–Trinajstić information content (AvgIpc) is 2.48. The second kappa shape index (κ2) is 5.99. The van der Waals surface area contributed by atoms with E-state index in [2.05, 4.69) is 15.3 Å². The van der Waals surface area contributed by atoms with Gasteiger partial charge < -0.3 is 10.2 Å². The van der Waals surface area contributed by atoms with Gasteiger partial charge in [0.25, 0.3) is 0 Å². The zero-order chi connectivity index (χ0) is 15.5. The number of nitrogens with zero attached hydrogens (tertiary/aromatic N) is 3. The number of rotatable bonds is 4. The second-order valence-corrected chi connectivity index (χ2v) is 4.26. The van der Waals surface area contributed by atoms with Crippen LogP contribution in [-0.4, -0.2) is 23.6 Å². The summed E-state index contributed by atoms with van der Waals surface area (Å²) < 4.78 is 38.6. The summed E-state index contributed by atoms with van der Waals surface area (Å²) in [6, 6.07) is 10.6. The van der Waals surface area contributed by atoms with Crippen LogP contribution in [0.3, 0.4) is 0 Å². The number of hydrogen-bond donors (Lipinski definition) is 1. The van der Waals surface area contributed by atoms with E-state index in [1.807, 2.05) is 37.3 Å². The molecule has 1 aromatic carbocycles. The zero-order valence-corrected chi connectivity index (χ0v) is 11.6. The molecule has 0 aliphatic rings. The Kier molecular flexibility index (Phi) is 4.30. The molecule has 2 rings (SSSR count). The standard InChI is InChI=1S/C14H15F3N4/c1-3-21(10-7-5-4-6-8-10)12-9-11(18-2)19-13(20-12)14(15,16)17/h4-9H,3H2,1-2H3,(H,18,19,20). The lowest BCUT2D eigenvalue weighted by molar-refractivity contribution is -0.144. The van der Waals surface area contributed by atoms with Crippen molar-refractivity contribution in [2.24, 2.45) is 0 Å². The van der Waals surface area contributed by atoms with Gasteiger partial charge in [-0.25, -0.2) is 9.97 Å². The lowest BCUT2D eigenvalue weighted by Crippen LogP contribution is -2.21. The summed E-state index contributed by atoms with van der Waals surface area (Å²) in [5, 5.41) is 2.63. The Balaban J connectivity index is 2.51. The third-order valence-corrected chi connectivity index (χ3v) is 2.88. The Bertz CT molecular complexity index is 599. The van der Waals surface area contributed by atoms with E-state index in [1.54, 1.807) is 4.90 Å². The van der Waals surface area contributed by atoms with Gasteiger partial charge in [-0.3, -0.25) is 0 Å². The van der Waals surface area contributed by atoms with Gasteiger partial charge in [-0.2, -0.15) is 13.2 Å². The Morgan fingerprint density at radius 2 is 1.81 bits per heavy atom. The van der Waals surface area contributed by atoms with Crippen molar-refractivity contribution in [3.63, 3.8) is 0 Å². The van der Waals surface area contributed by atoms with Crippen LogP contribution in [0.1, 0.15) is 12.7 Å². The van der Waals surface area contributed by atoms with E-state index in [0.717, 1.165) is 5.69 Å². The van der Waals surface area contributed by atoms with Gasteiger partial charge in [0, 0.05) is 25.3 Å². The van der Waals surface area contributed by atoms with Crippen LogP contribution in [0.25, 0.3) is 0 Å². The molecule has 0 saturated carbocycles. The topological polar surface area (TPSA) is 41.0 Å². The number of nitrogens with one attached hydrogen (secondary N) is 1. The number of para-hydroxylation sites is 1. The van der Waals surface area contributed by atoms with Crippen molar-refractivity contribution in [1.29, 1.82) is 0 Å². The largest absolute Gasteiger partial charge is 0.451 e. The molecule has 0 aliphatic carbocycles. The first-order valence-electron chi connectivity index (χ1n) is 6.42. The van der Waals surface area contributed by atoms with Crippen LogP contribution in [0.5, 0.6) is 0 Å². The predicted molar refractivity (Wildman–Crippen MR) is 75.7 cm³/mol. The van der Waals surface area contributed by atoms with Crippen molar-refractivity contribution in [2.45, 2.75) is 13.1 Å². The number of anilines is 3. The predicted octanol–water partition coefficient (Wildman–Crippen LogP) is 3.70. The van der Waals surface area contributed by atoms with Crippen LogP contribution in [-0.2, 0) is 6.18 Å². The van der Waals surface area contributed by atoms with Gasteiger partial charge in [0.05, 0.1) is 0 Å². The maximum absolute atomic E-state index is 12.9.